The molecule has 0 bridgehead atoms. The van der Waals surface area contributed by atoms with Crippen LogP contribution in [0.4, 0.5) is 5.82 Å². The molecule has 0 amide bonds. The molecule has 1 rings (SSSR count). The number of hydrogen-bond acceptors (Lipinski definition) is 6. The number of halogens is 1. The number of aromatic nitrogens is 2. The van der Waals surface area contributed by atoms with Gasteiger partial charge in [-0.05, 0) is 13.3 Å². The first-order valence-electron chi connectivity index (χ1n) is 4.70. The Labute approximate surface area is 110 Å². The van der Waals surface area contributed by atoms with Crippen molar-refractivity contribution in [3.8, 4) is 0 Å². The lowest BCUT2D eigenvalue weighted by Gasteiger charge is -2.07. The molecular formula is C8H13ClN4O2S2. The van der Waals surface area contributed by atoms with Crippen LogP contribution in [-0.2, 0) is 10.0 Å². The molecule has 0 radical (unpaired) electrons. The van der Waals surface area contributed by atoms with Crippen LogP contribution >= 0.6 is 23.4 Å². The van der Waals surface area contributed by atoms with Crippen molar-refractivity contribution in [2.45, 2.75) is 5.16 Å². The van der Waals surface area contributed by atoms with Gasteiger partial charge >= 0.3 is 0 Å². The minimum absolute atomic E-state index is 0.0281. The second-order valence-corrected chi connectivity index (χ2v) is 6.22. The van der Waals surface area contributed by atoms with Gasteiger partial charge in [0.2, 0.25) is 10.0 Å². The summed E-state index contributed by atoms with van der Waals surface area (Å²) in [5.41, 5.74) is 0. The molecule has 1 aromatic heterocycles. The van der Waals surface area contributed by atoms with E-state index in [0.717, 1.165) is 0 Å². The topological polar surface area (TPSA) is 84.0 Å². The molecule has 1 heterocycles. The van der Waals surface area contributed by atoms with Crippen molar-refractivity contribution in [3.05, 3.63) is 11.2 Å². The fourth-order valence-corrected chi connectivity index (χ4v) is 2.18. The molecule has 0 aliphatic heterocycles. The predicted molar refractivity (Wildman–Crippen MR) is 70.2 cm³/mol. The Morgan fingerprint density at radius 1 is 1.47 bits per heavy atom. The average molecular weight is 297 g/mol. The lowest BCUT2D eigenvalue weighted by molar-refractivity contribution is 0.588. The molecule has 0 fully saturated rings. The zero-order chi connectivity index (χ0) is 12.9. The van der Waals surface area contributed by atoms with Crippen LogP contribution in [0.15, 0.2) is 11.2 Å². The number of nitrogens with zero attached hydrogens (tertiary/aromatic N) is 2. The van der Waals surface area contributed by atoms with E-state index < -0.39 is 10.0 Å². The number of anilines is 1. The van der Waals surface area contributed by atoms with E-state index in [1.54, 1.807) is 6.07 Å². The summed E-state index contributed by atoms with van der Waals surface area (Å²) in [5.74, 6) is 0.486. The summed E-state index contributed by atoms with van der Waals surface area (Å²) < 4.78 is 24.6. The molecule has 6 nitrogen and oxygen atoms in total. The second kappa shape index (κ2) is 6.39. The summed E-state index contributed by atoms with van der Waals surface area (Å²) in [4.78, 5) is 8.11. The summed E-state index contributed by atoms with van der Waals surface area (Å²) in [6, 6.07) is 1.55. The lowest BCUT2D eigenvalue weighted by atomic mass is 10.5. The minimum atomic E-state index is -3.21. The minimum Gasteiger partial charge on any atom is -0.369 e. The Hall–Kier alpha value is -0.570. The third-order valence-corrected chi connectivity index (χ3v) is 3.95. The highest BCUT2D eigenvalue weighted by Crippen LogP contribution is 2.16. The number of hydrogen-bond donors (Lipinski definition) is 2. The standard InChI is InChI=1S/C8H13ClN4O2S2/c1-10-17(14,15)4-3-11-7-5-6(9)12-8(13-7)16-2/h5,10H,3-4H2,1-2H3,(H,11,12,13). The summed E-state index contributed by atoms with van der Waals surface area (Å²) in [5, 5.41) is 3.74. The fraction of sp³-hybridized carbons (Fsp3) is 0.500. The molecule has 2 N–H and O–H groups in total. The summed E-state index contributed by atoms with van der Waals surface area (Å²) in [6.07, 6.45) is 1.83. The van der Waals surface area contributed by atoms with Crippen LogP contribution in [0.2, 0.25) is 5.15 Å². The number of thioether (sulfide) groups is 1. The van der Waals surface area contributed by atoms with E-state index in [1.165, 1.54) is 18.8 Å². The van der Waals surface area contributed by atoms with Gasteiger partial charge in [-0.3, -0.25) is 0 Å². The molecule has 0 saturated heterocycles. The highest BCUT2D eigenvalue weighted by Gasteiger charge is 2.07. The van der Waals surface area contributed by atoms with Crippen molar-refractivity contribution in [3.63, 3.8) is 0 Å². The van der Waals surface area contributed by atoms with E-state index in [-0.39, 0.29) is 12.3 Å². The van der Waals surface area contributed by atoms with Crippen LogP contribution < -0.4 is 10.0 Å². The zero-order valence-electron chi connectivity index (χ0n) is 9.40. The summed E-state index contributed by atoms with van der Waals surface area (Å²) in [7, 11) is -1.83. The third-order valence-electron chi connectivity index (χ3n) is 1.84. The Bertz CT molecular complexity index is 480. The van der Waals surface area contributed by atoms with Crippen LogP contribution in [0, 0.1) is 0 Å². The van der Waals surface area contributed by atoms with Gasteiger partial charge in [0.05, 0.1) is 5.75 Å². The lowest BCUT2D eigenvalue weighted by Crippen LogP contribution is -2.26. The van der Waals surface area contributed by atoms with Crippen molar-refractivity contribution in [2.75, 3.05) is 30.9 Å². The van der Waals surface area contributed by atoms with Crippen LogP contribution in [0.5, 0.6) is 0 Å². The summed E-state index contributed by atoms with van der Waals surface area (Å²) >= 11 is 7.15. The predicted octanol–water partition coefficient (Wildman–Crippen LogP) is 0.813. The van der Waals surface area contributed by atoms with Crippen molar-refractivity contribution in [1.82, 2.24) is 14.7 Å². The molecule has 1 aromatic rings. The quantitative estimate of drug-likeness (QED) is 0.459. The zero-order valence-corrected chi connectivity index (χ0v) is 11.8. The van der Waals surface area contributed by atoms with E-state index in [9.17, 15) is 8.42 Å². The summed E-state index contributed by atoms with van der Waals surface area (Å²) in [6.45, 7) is 0.254. The Morgan fingerprint density at radius 3 is 2.76 bits per heavy atom. The van der Waals surface area contributed by atoms with Gasteiger partial charge in [-0.2, -0.15) is 0 Å². The van der Waals surface area contributed by atoms with E-state index in [0.29, 0.717) is 16.1 Å². The maximum atomic E-state index is 11.2. The average Bonchev–Trinajstić information content (AvgIpc) is 2.28. The Morgan fingerprint density at radius 2 is 2.18 bits per heavy atom. The van der Waals surface area contributed by atoms with Gasteiger partial charge in [-0.15, -0.1) is 0 Å². The highest BCUT2D eigenvalue weighted by molar-refractivity contribution is 7.98. The van der Waals surface area contributed by atoms with Gasteiger partial charge in [0, 0.05) is 12.6 Å². The van der Waals surface area contributed by atoms with Crippen LogP contribution in [0.3, 0.4) is 0 Å². The van der Waals surface area contributed by atoms with E-state index >= 15 is 0 Å². The Kier molecular flexibility index (Phi) is 5.44. The van der Waals surface area contributed by atoms with Gasteiger partial charge in [-0.25, -0.2) is 23.1 Å². The Balaban J connectivity index is 2.61. The molecule has 9 heteroatoms. The van der Waals surface area contributed by atoms with Gasteiger partial charge in [-0.1, -0.05) is 23.4 Å². The van der Waals surface area contributed by atoms with Crippen molar-refractivity contribution in [1.29, 1.82) is 0 Å². The molecule has 0 aliphatic carbocycles. The van der Waals surface area contributed by atoms with Crippen LogP contribution in [0.1, 0.15) is 0 Å². The van der Waals surface area contributed by atoms with Crippen molar-refractivity contribution >= 4 is 39.2 Å². The molecule has 96 valence electrons. The molecule has 0 unspecified atom stereocenters. The van der Waals surface area contributed by atoms with Crippen molar-refractivity contribution < 1.29 is 8.42 Å². The molecule has 0 atom stereocenters. The fourth-order valence-electron chi connectivity index (χ4n) is 0.994. The van der Waals surface area contributed by atoms with E-state index in [1.807, 2.05) is 6.26 Å². The van der Waals surface area contributed by atoms with E-state index in [4.69, 9.17) is 11.6 Å². The largest absolute Gasteiger partial charge is 0.369 e. The van der Waals surface area contributed by atoms with Gasteiger partial charge < -0.3 is 5.32 Å². The van der Waals surface area contributed by atoms with Gasteiger partial charge in [0.1, 0.15) is 11.0 Å². The SMILES string of the molecule is CNS(=O)(=O)CCNc1cc(Cl)nc(SC)n1. The monoisotopic (exact) mass is 296 g/mol. The van der Waals surface area contributed by atoms with Gasteiger partial charge in [0.25, 0.3) is 0 Å². The van der Waals surface area contributed by atoms with Crippen molar-refractivity contribution in [2.24, 2.45) is 0 Å². The van der Waals surface area contributed by atoms with Crippen LogP contribution in [0.25, 0.3) is 0 Å². The third kappa shape index (κ3) is 5.07. The second-order valence-electron chi connectivity index (χ2n) is 3.01. The number of rotatable bonds is 6. The molecule has 0 aliphatic rings. The molecule has 0 aromatic carbocycles. The molecule has 0 spiro atoms. The molecule has 0 saturated carbocycles. The van der Waals surface area contributed by atoms with Crippen LogP contribution in [-0.4, -0.2) is 44.0 Å². The normalized spacial score (nSPS) is 11.5. The first-order valence-corrected chi connectivity index (χ1v) is 7.96. The van der Waals surface area contributed by atoms with E-state index in [2.05, 4.69) is 20.0 Å². The maximum Gasteiger partial charge on any atom is 0.213 e. The molecular weight excluding hydrogens is 284 g/mol. The maximum absolute atomic E-state index is 11.2. The molecule has 17 heavy (non-hydrogen) atoms. The first kappa shape index (κ1) is 14.5. The number of nitrogens with one attached hydrogen (secondary N) is 2. The first-order chi connectivity index (χ1) is 7.96. The smallest absolute Gasteiger partial charge is 0.213 e. The number of sulfonamides is 1. The van der Waals surface area contributed by atoms with Gasteiger partial charge in [0.15, 0.2) is 5.16 Å². The highest BCUT2D eigenvalue weighted by atomic mass is 35.5.